The zero-order valence-electron chi connectivity index (χ0n) is 13.7. The molecule has 1 N–H and O–H groups in total. The van der Waals surface area contributed by atoms with Gasteiger partial charge in [0.25, 0.3) is 0 Å². The van der Waals surface area contributed by atoms with Crippen LogP contribution in [0.25, 0.3) is 0 Å². The molecule has 2 aliphatic rings. The molecule has 1 aromatic carbocycles. The van der Waals surface area contributed by atoms with Gasteiger partial charge in [0.2, 0.25) is 0 Å². The zero-order chi connectivity index (χ0) is 16.9. The Kier molecular flexibility index (Phi) is 5.08. The van der Waals surface area contributed by atoms with E-state index < -0.39 is 0 Å². The molecule has 0 aliphatic carbocycles. The Bertz CT molecular complexity index is 598. The zero-order valence-corrected chi connectivity index (χ0v) is 13.7. The third kappa shape index (κ3) is 3.72. The van der Waals surface area contributed by atoms with Crippen LogP contribution in [-0.2, 0) is 9.53 Å². The molecule has 0 bridgehead atoms. The average Bonchev–Trinajstić information content (AvgIpc) is 2.65. The van der Waals surface area contributed by atoms with Crippen molar-refractivity contribution in [2.75, 3.05) is 33.4 Å². The molecule has 1 unspecified atom stereocenters. The Balaban J connectivity index is 1.43. The van der Waals surface area contributed by atoms with Crippen LogP contribution in [0.4, 0.5) is 4.79 Å². The predicted octanol–water partition coefficient (Wildman–Crippen LogP) is 1.42. The summed E-state index contributed by atoms with van der Waals surface area (Å²) in [6.07, 6.45) is 1.06. The van der Waals surface area contributed by atoms with Crippen LogP contribution >= 0.6 is 0 Å². The molecule has 0 aromatic heterocycles. The van der Waals surface area contributed by atoms with Crippen LogP contribution in [0.2, 0.25) is 0 Å². The van der Waals surface area contributed by atoms with Crippen LogP contribution in [0, 0.1) is 5.92 Å². The molecular formula is C17H22N2O5. The summed E-state index contributed by atoms with van der Waals surface area (Å²) in [6, 6.07) is 7.34. The first-order valence-corrected chi connectivity index (χ1v) is 8.16. The normalized spacial score (nSPS) is 20.4. The predicted molar refractivity (Wildman–Crippen MR) is 86.1 cm³/mol. The Labute approximate surface area is 140 Å². The molecule has 1 saturated heterocycles. The number of amides is 2. The molecule has 2 heterocycles. The molecule has 130 valence electrons. The van der Waals surface area contributed by atoms with Crippen molar-refractivity contribution in [3.05, 3.63) is 24.3 Å². The van der Waals surface area contributed by atoms with Gasteiger partial charge in [0.05, 0.1) is 19.6 Å². The lowest BCUT2D eigenvalue weighted by atomic mass is 9.97. The van der Waals surface area contributed by atoms with E-state index in [-0.39, 0.29) is 24.0 Å². The lowest BCUT2D eigenvalue weighted by Crippen LogP contribution is -2.49. The number of para-hydroxylation sites is 2. The first kappa shape index (κ1) is 16.4. The van der Waals surface area contributed by atoms with Crippen molar-refractivity contribution in [2.45, 2.75) is 18.9 Å². The molecule has 0 spiro atoms. The SMILES string of the molecule is COC(=O)C1CCN(C(=O)NCC2COc3ccccc3O2)CC1. The minimum Gasteiger partial charge on any atom is -0.486 e. The average molecular weight is 334 g/mol. The monoisotopic (exact) mass is 334 g/mol. The highest BCUT2D eigenvalue weighted by Crippen LogP contribution is 2.30. The van der Waals surface area contributed by atoms with E-state index in [0.29, 0.717) is 44.8 Å². The molecule has 24 heavy (non-hydrogen) atoms. The van der Waals surface area contributed by atoms with Gasteiger partial charge >= 0.3 is 12.0 Å². The highest BCUT2D eigenvalue weighted by molar-refractivity contribution is 5.76. The maximum atomic E-state index is 12.2. The minimum atomic E-state index is -0.212. The molecule has 7 nitrogen and oxygen atoms in total. The fraction of sp³-hybridized carbons (Fsp3) is 0.529. The van der Waals surface area contributed by atoms with Gasteiger partial charge in [0, 0.05) is 13.1 Å². The fourth-order valence-corrected chi connectivity index (χ4v) is 2.96. The Morgan fingerprint density at radius 2 is 1.96 bits per heavy atom. The number of rotatable bonds is 3. The summed E-state index contributed by atoms with van der Waals surface area (Å²) in [7, 11) is 1.39. The van der Waals surface area contributed by atoms with Crippen LogP contribution in [0.3, 0.4) is 0 Å². The van der Waals surface area contributed by atoms with Crippen molar-refractivity contribution in [3.63, 3.8) is 0 Å². The topological polar surface area (TPSA) is 77.1 Å². The second kappa shape index (κ2) is 7.42. The lowest BCUT2D eigenvalue weighted by molar-refractivity contribution is -0.146. The number of methoxy groups -OCH3 is 1. The molecular weight excluding hydrogens is 312 g/mol. The number of esters is 1. The van der Waals surface area contributed by atoms with Gasteiger partial charge in [0.1, 0.15) is 6.61 Å². The Morgan fingerprint density at radius 1 is 1.25 bits per heavy atom. The summed E-state index contributed by atoms with van der Waals surface area (Å²) >= 11 is 0. The van der Waals surface area contributed by atoms with Crippen molar-refractivity contribution < 1.29 is 23.8 Å². The van der Waals surface area contributed by atoms with E-state index in [2.05, 4.69) is 5.32 Å². The number of likely N-dealkylation sites (tertiary alicyclic amines) is 1. The lowest BCUT2D eigenvalue weighted by Gasteiger charge is -2.32. The van der Waals surface area contributed by atoms with Crippen LogP contribution < -0.4 is 14.8 Å². The summed E-state index contributed by atoms with van der Waals surface area (Å²) in [5.74, 6) is 1.12. The molecule has 2 amide bonds. The number of hydrogen-bond donors (Lipinski definition) is 1. The summed E-state index contributed by atoms with van der Waals surface area (Å²) in [4.78, 5) is 25.5. The fourth-order valence-electron chi connectivity index (χ4n) is 2.96. The number of carbonyl (C=O) groups is 2. The summed E-state index contributed by atoms with van der Waals surface area (Å²) < 4.78 is 16.2. The molecule has 1 fully saturated rings. The van der Waals surface area contributed by atoms with E-state index in [0.717, 1.165) is 5.75 Å². The second-order valence-electron chi connectivity index (χ2n) is 5.97. The smallest absolute Gasteiger partial charge is 0.317 e. The third-order valence-electron chi connectivity index (χ3n) is 4.37. The van der Waals surface area contributed by atoms with Gasteiger partial charge in [0.15, 0.2) is 17.6 Å². The van der Waals surface area contributed by atoms with E-state index in [4.69, 9.17) is 14.2 Å². The molecule has 0 saturated carbocycles. The molecule has 3 rings (SSSR count). The van der Waals surface area contributed by atoms with Gasteiger partial charge in [-0.2, -0.15) is 0 Å². The van der Waals surface area contributed by atoms with E-state index in [1.807, 2.05) is 24.3 Å². The molecule has 2 aliphatic heterocycles. The van der Waals surface area contributed by atoms with Gasteiger partial charge < -0.3 is 24.4 Å². The Hall–Kier alpha value is -2.44. The van der Waals surface area contributed by atoms with Crippen molar-refractivity contribution >= 4 is 12.0 Å². The number of urea groups is 1. The van der Waals surface area contributed by atoms with Crippen LogP contribution in [0.1, 0.15) is 12.8 Å². The quantitative estimate of drug-likeness (QED) is 0.846. The van der Waals surface area contributed by atoms with Crippen LogP contribution in [-0.4, -0.2) is 56.4 Å². The van der Waals surface area contributed by atoms with Gasteiger partial charge in [-0.15, -0.1) is 0 Å². The summed E-state index contributed by atoms with van der Waals surface area (Å²) in [5.41, 5.74) is 0. The maximum Gasteiger partial charge on any atom is 0.317 e. The summed E-state index contributed by atoms with van der Waals surface area (Å²) in [5, 5.41) is 2.88. The minimum absolute atomic E-state index is 0.106. The first-order valence-electron chi connectivity index (χ1n) is 8.16. The number of nitrogens with zero attached hydrogens (tertiary/aromatic N) is 1. The van der Waals surface area contributed by atoms with Crippen molar-refractivity contribution in [1.29, 1.82) is 0 Å². The van der Waals surface area contributed by atoms with E-state index in [9.17, 15) is 9.59 Å². The van der Waals surface area contributed by atoms with Gasteiger partial charge in [-0.3, -0.25) is 4.79 Å². The van der Waals surface area contributed by atoms with E-state index >= 15 is 0 Å². The van der Waals surface area contributed by atoms with Gasteiger partial charge in [-0.25, -0.2) is 4.79 Å². The third-order valence-corrected chi connectivity index (χ3v) is 4.37. The maximum absolute atomic E-state index is 12.2. The first-order chi connectivity index (χ1) is 11.7. The van der Waals surface area contributed by atoms with Crippen LogP contribution in [0.5, 0.6) is 11.5 Å². The number of benzene rings is 1. The highest BCUT2D eigenvalue weighted by Gasteiger charge is 2.28. The van der Waals surface area contributed by atoms with Gasteiger partial charge in [-0.1, -0.05) is 12.1 Å². The van der Waals surface area contributed by atoms with E-state index in [1.165, 1.54) is 7.11 Å². The van der Waals surface area contributed by atoms with Gasteiger partial charge in [-0.05, 0) is 25.0 Å². The number of carbonyl (C=O) groups excluding carboxylic acids is 2. The van der Waals surface area contributed by atoms with Crippen molar-refractivity contribution in [2.24, 2.45) is 5.92 Å². The number of ether oxygens (including phenoxy) is 3. The molecule has 0 radical (unpaired) electrons. The standard InChI is InChI=1S/C17H22N2O5/c1-22-16(20)12-6-8-19(9-7-12)17(21)18-10-13-11-23-14-4-2-3-5-15(14)24-13/h2-5,12-13H,6-11H2,1H3,(H,18,21). The summed E-state index contributed by atoms with van der Waals surface area (Å²) in [6.45, 7) is 1.89. The number of hydrogen-bond acceptors (Lipinski definition) is 5. The molecule has 7 heteroatoms. The largest absolute Gasteiger partial charge is 0.486 e. The number of nitrogens with one attached hydrogen (secondary N) is 1. The number of piperidine rings is 1. The highest BCUT2D eigenvalue weighted by atomic mass is 16.6. The van der Waals surface area contributed by atoms with Crippen molar-refractivity contribution in [1.82, 2.24) is 10.2 Å². The second-order valence-corrected chi connectivity index (χ2v) is 5.97. The molecule has 1 aromatic rings. The Morgan fingerprint density at radius 3 is 2.67 bits per heavy atom. The molecule has 1 atom stereocenters. The van der Waals surface area contributed by atoms with Crippen molar-refractivity contribution in [3.8, 4) is 11.5 Å². The van der Waals surface area contributed by atoms with Crippen LogP contribution in [0.15, 0.2) is 24.3 Å². The number of fused-ring (bicyclic) bond motifs is 1. The van der Waals surface area contributed by atoms with E-state index in [1.54, 1.807) is 4.90 Å².